The van der Waals surface area contributed by atoms with Crippen LogP contribution in [0.4, 0.5) is 13.2 Å². The first kappa shape index (κ1) is 10.3. The van der Waals surface area contributed by atoms with E-state index in [1.165, 1.54) is 0 Å². The van der Waals surface area contributed by atoms with Gasteiger partial charge in [-0.25, -0.2) is 13.2 Å². The van der Waals surface area contributed by atoms with Crippen LogP contribution in [0.3, 0.4) is 0 Å². The largest absolute Gasteiger partial charge is 0.256 e. The number of alkyl halides is 2. The molecule has 0 unspecified atom stereocenters. The lowest BCUT2D eigenvalue weighted by Gasteiger charge is -1.75. The number of hydrogen-bond acceptors (Lipinski definition) is 0. The van der Waals surface area contributed by atoms with E-state index >= 15 is 0 Å². The summed E-state index contributed by atoms with van der Waals surface area (Å²) in [6.45, 7) is 5.50. The minimum Gasteiger partial charge on any atom is -0.216 e. The van der Waals surface area contributed by atoms with Crippen LogP contribution in [0.25, 0.3) is 0 Å². The highest BCUT2D eigenvalue weighted by Gasteiger charge is 1.85. The van der Waals surface area contributed by atoms with Crippen molar-refractivity contribution in [1.82, 2.24) is 0 Å². The third kappa shape index (κ3) is 59.6. The maximum Gasteiger partial charge on any atom is 0.256 e. The molecule has 0 aromatic heterocycles. The van der Waals surface area contributed by atoms with E-state index in [0.29, 0.717) is 6.08 Å². The second-order valence-corrected chi connectivity index (χ2v) is 0.724. The van der Waals surface area contributed by atoms with Crippen molar-refractivity contribution in [2.45, 2.75) is 6.43 Å². The minimum absolute atomic E-state index is 0.250. The quantitative estimate of drug-likeness (QED) is 0.471. The summed E-state index contributed by atoms with van der Waals surface area (Å²) in [5.41, 5.74) is 0. The van der Waals surface area contributed by atoms with Crippen LogP contribution in [0.2, 0.25) is 0 Å². The Hall–Kier alpha value is -0.730. The van der Waals surface area contributed by atoms with Crippen LogP contribution >= 0.6 is 0 Å². The first-order valence-corrected chi connectivity index (χ1v) is 1.80. The number of hydrogen-bond donors (Lipinski definition) is 0. The molecule has 0 aromatic carbocycles. The molecule has 0 N–H and O–H groups in total. The Labute approximate surface area is 46.3 Å². The van der Waals surface area contributed by atoms with Crippen molar-refractivity contribution in [1.29, 1.82) is 0 Å². The van der Waals surface area contributed by atoms with Gasteiger partial charge in [0.05, 0.1) is 6.33 Å². The standard InChI is InChI=1S/C3H4F2.C2H3F/c1-2-3(4)5;1-2-3/h2-3H,1H2;2H,1H2. The van der Waals surface area contributed by atoms with Crippen LogP contribution in [0.5, 0.6) is 0 Å². The van der Waals surface area contributed by atoms with Gasteiger partial charge in [-0.15, -0.1) is 0 Å². The van der Waals surface area contributed by atoms with Crippen LogP contribution in [0.1, 0.15) is 0 Å². The highest BCUT2D eigenvalue weighted by Crippen LogP contribution is 1.87. The van der Waals surface area contributed by atoms with Crippen molar-refractivity contribution in [2.75, 3.05) is 0 Å². The molecule has 0 heterocycles. The fraction of sp³-hybridized carbons (Fsp3) is 0.200. The van der Waals surface area contributed by atoms with Crippen molar-refractivity contribution in [2.24, 2.45) is 0 Å². The van der Waals surface area contributed by atoms with Crippen LogP contribution in [-0.4, -0.2) is 6.43 Å². The first-order chi connectivity index (χ1) is 3.68. The van der Waals surface area contributed by atoms with Crippen LogP contribution in [0, 0.1) is 0 Å². The lowest BCUT2D eigenvalue weighted by atomic mass is 10.7. The maximum atomic E-state index is 10.6. The molecule has 0 nitrogen and oxygen atoms in total. The summed E-state index contributed by atoms with van der Waals surface area (Å²) in [5.74, 6) is 0. The van der Waals surface area contributed by atoms with Gasteiger partial charge >= 0.3 is 0 Å². The molecule has 0 radical (unpaired) electrons. The summed E-state index contributed by atoms with van der Waals surface area (Å²) in [4.78, 5) is 0. The smallest absolute Gasteiger partial charge is 0.216 e. The molecule has 0 aliphatic heterocycles. The third-order valence-electron chi connectivity index (χ3n) is 0.178. The molecule has 3 heteroatoms. The van der Waals surface area contributed by atoms with Gasteiger partial charge in [0, 0.05) is 0 Å². The molecule has 0 aromatic rings. The summed E-state index contributed by atoms with van der Waals surface area (Å²) in [7, 11) is 0. The molecule has 0 amide bonds. The molecule has 0 atom stereocenters. The molecule has 48 valence electrons. The van der Waals surface area contributed by atoms with E-state index in [9.17, 15) is 13.2 Å². The topological polar surface area (TPSA) is 0 Å². The summed E-state index contributed by atoms with van der Waals surface area (Å²) in [6.07, 6.45) is -1.52. The van der Waals surface area contributed by atoms with Gasteiger partial charge in [0.25, 0.3) is 6.43 Å². The SMILES string of the molecule is C=CC(F)F.C=CF. The lowest BCUT2D eigenvalue weighted by Crippen LogP contribution is -1.74. The van der Waals surface area contributed by atoms with Gasteiger partial charge in [-0.05, 0) is 6.08 Å². The third-order valence-corrected chi connectivity index (χ3v) is 0.178. The Morgan fingerprint density at radius 3 is 1.38 bits per heavy atom. The fourth-order valence-electron chi connectivity index (χ4n) is 0. The van der Waals surface area contributed by atoms with Crippen LogP contribution in [-0.2, 0) is 0 Å². The Bertz CT molecular complexity index is 58.7. The molecule has 0 fully saturated rings. The highest BCUT2D eigenvalue weighted by molar-refractivity contribution is 4.67. The van der Waals surface area contributed by atoms with Crippen molar-refractivity contribution in [3.63, 3.8) is 0 Å². The molecule has 0 rings (SSSR count). The molecule has 8 heavy (non-hydrogen) atoms. The fourth-order valence-corrected chi connectivity index (χ4v) is 0. The van der Waals surface area contributed by atoms with E-state index in [4.69, 9.17) is 0 Å². The van der Waals surface area contributed by atoms with Crippen LogP contribution in [0.15, 0.2) is 25.6 Å². The van der Waals surface area contributed by atoms with Crippen molar-refractivity contribution < 1.29 is 13.2 Å². The van der Waals surface area contributed by atoms with E-state index in [0.717, 1.165) is 0 Å². The van der Waals surface area contributed by atoms with Gasteiger partial charge in [0.2, 0.25) is 0 Å². The molecule has 0 aliphatic carbocycles. The Morgan fingerprint density at radius 2 is 1.38 bits per heavy atom. The Kier molecular flexibility index (Phi) is 12.3. The molecule has 0 bridgehead atoms. The van der Waals surface area contributed by atoms with Gasteiger partial charge in [0.15, 0.2) is 0 Å². The van der Waals surface area contributed by atoms with Gasteiger partial charge in [0.1, 0.15) is 0 Å². The summed E-state index contributed by atoms with van der Waals surface area (Å²) >= 11 is 0. The van der Waals surface area contributed by atoms with Gasteiger partial charge in [-0.1, -0.05) is 13.2 Å². The molecular weight excluding hydrogens is 117 g/mol. The van der Waals surface area contributed by atoms with Crippen LogP contribution < -0.4 is 0 Å². The van der Waals surface area contributed by atoms with Crippen molar-refractivity contribution in [3.05, 3.63) is 25.6 Å². The molecule has 0 saturated carbocycles. The molecule has 0 spiro atoms. The van der Waals surface area contributed by atoms with Gasteiger partial charge < -0.3 is 0 Å². The second kappa shape index (κ2) is 9.55. The van der Waals surface area contributed by atoms with E-state index < -0.39 is 6.43 Å². The first-order valence-electron chi connectivity index (χ1n) is 1.80. The average Bonchev–Trinajstić information content (AvgIpc) is 1.69. The molecular formula is C5H7F3. The average molecular weight is 124 g/mol. The summed E-state index contributed by atoms with van der Waals surface area (Å²) < 4.78 is 31.3. The van der Waals surface area contributed by atoms with E-state index in [1.54, 1.807) is 0 Å². The second-order valence-electron chi connectivity index (χ2n) is 0.724. The predicted octanol–water partition coefficient (Wildman–Crippen LogP) is 2.54. The lowest BCUT2D eigenvalue weighted by molar-refractivity contribution is 0.204. The van der Waals surface area contributed by atoms with Crippen molar-refractivity contribution >= 4 is 0 Å². The number of rotatable bonds is 1. The van der Waals surface area contributed by atoms with Gasteiger partial charge in [-0.3, -0.25) is 0 Å². The predicted molar refractivity (Wildman–Crippen MR) is 27.5 cm³/mol. The summed E-state index contributed by atoms with van der Waals surface area (Å²) in [5, 5.41) is 0. The Balaban J connectivity index is 0. The minimum atomic E-state index is -2.35. The Morgan fingerprint density at radius 1 is 1.25 bits per heavy atom. The normalized spacial score (nSPS) is 7.00. The van der Waals surface area contributed by atoms with E-state index in [-0.39, 0.29) is 6.33 Å². The summed E-state index contributed by atoms with van der Waals surface area (Å²) in [6, 6.07) is 0. The van der Waals surface area contributed by atoms with E-state index in [2.05, 4.69) is 13.2 Å². The number of halogens is 3. The molecule has 0 saturated heterocycles. The zero-order valence-corrected chi connectivity index (χ0v) is 4.28. The zero-order chi connectivity index (χ0) is 6.99. The van der Waals surface area contributed by atoms with Crippen molar-refractivity contribution in [3.8, 4) is 0 Å². The maximum absolute atomic E-state index is 10.6. The number of allylic oxidation sites excluding steroid dienone is 1. The van der Waals surface area contributed by atoms with Gasteiger partial charge in [-0.2, -0.15) is 0 Å². The zero-order valence-electron chi connectivity index (χ0n) is 4.28. The highest BCUT2D eigenvalue weighted by atomic mass is 19.3. The molecule has 0 aliphatic rings. The van der Waals surface area contributed by atoms with E-state index in [1.807, 2.05) is 0 Å². The monoisotopic (exact) mass is 124 g/mol.